The molecule has 1 atom stereocenters. The Balaban J connectivity index is 2.35. The quantitative estimate of drug-likeness (QED) is 0.730. The van der Waals surface area contributed by atoms with E-state index in [1.54, 1.807) is 13.0 Å². The van der Waals surface area contributed by atoms with E-state index in [2.05, 4.69) is 0 Å². The summed E-state index contributed by atoms with van der Waals surface area (Å²) < 4.78 is 0. The van der Waals surface area contributed by atoms with Crippen LogP contribution >= 0.6 is 0 Å². The lowest BCUT2D eigenvalue weighted by Crippen LogP contribution is -2.33. The molecule has 0 spiro atoms. The molecule has 1 unspecified atom stereocenters. The van der Waals surface area contributed by atoms with Crippen molar-refractivity contribution >= 4 is 5.57 Å². The summed E-state index contributed by atoms with van der Waals surface area (Å²) in [6.45, 7) is 1.74. The van der Waals surface area contributed by atoms with E-state index in [4.69, 9.17) is 5.73 Å². The molecule has 15 heavy (non-hydrogen) atoms. The summed E-state index contributed by atoms with van der Waals surface area (Å²) in [7, 11) is 0. The number of nitrogens with two attached hydrogens (primary N) is 1. The second-order valence-electron chi connectivity index (χ2n) is 4.13. The molecule has 0 aliphatic heterocycles. The predicted molar refractivity (Wildman–Crippen MR) is 61.9 cm³/mol. The fraction of sp³-hybridized carbons (Fsp3) is 0.231. The predicted octanol–water partition coefficient (Wildman–Crippen LogP) is 2.07. The molecular formula is C13H15NO. The summed E-state index contributed by atoms with van der Waals surface area (Å²) in [4.78, 5) is 0. The number of allylic oxidation sites excluding steroid dienone is 2. The molecule has 0 aromatic heterocycles. The van der Waals surface area contributed by atoms with Crippen molar-refractivity contribution in [3.8, 4) is 0 Å². The molecule has 0 amide bonds. The van der Waals surface area contributed by atoms with Crippen molar-refractivity contribution < 1.29 is 5.11 Å². The van der Waals surface area contributed by atoms with Crippen LogP contribution in [0.1, 0.15) is 18.9 Å². The van der Waals surface area contributed by atoms with E-state index < -0.39 is 5.60 Å². The fourth-order valence-electron chi connectivity index (χ4n) is 1.75. The van der Waals surface area contributed by atoms with Crippen LogP contribution in [0.2, 0.25) is 0 Å². The number of hydrogen-bond acceptors (Lipinski definition) is 2. The molecule has 2 heteroatoms. The Morgan fingerprint density at radius 1 is 1.20 bits per heavy atom. The van der Waals surface area contributed by atoms with Crippen LogP contribution < -0.4 is 5.73 Å². The van der Waals surface area contributed by atoms with Crippen LogP contribution in [0.3, 0.4) is 0 Å². The third-order valence-corrected chi connectivity index (χ3v) is 2.77. The van der Waals surface area contributed by atoms with Gasteiger partial charge in [0.1, 0.15) is 5.60 Å². The minimum atomic E-state index is -0.917. The highest BCUT2D eigenvalue weighted by atomic mass is 16.3. The van der Waals surface area contributed by atoms with Crippen molar-refractivity contribution in [2.75, 3.05) is 0 Å². The summed E-state index contributed by atoms with van der Waals surface area (Å²) in [5.41, 5.74) is 7.59. The second kappa shape index (κ2) is 3.55. The molecule has 3 N–H and O–H groups in total. The number of rotatable bonds is 1. The summed E-state index contributed by atoms with van der Waals surface area (Å²) >= 11 is 0. The topological polar surface area (TPSA) is 46.2 Å². The highest BCUT2D eigenvalue weighted by Crippen LogP contribution is 2.31. The van der Waals surface area contributed by atoms with Crippen LogP contribution in [-0.4, -0.2) is 10.7 Å². The maximum Gasteiger partial charge on any atom is 0.105 e. The van der Waals surface area contributed by atoms with Crippen LogP contribution in [0.25, 0.3) is 5.57 Å². The maximum absolute atomic E-state index is 10.0. The van der Waals surface area contributed by atoms with Crippen molar-refractivity contribution in [3.05, 3.63) is 53.7 Å². The third kappa shape index (κ3) is 1.95. The Hall–Kier alpha value is -1.54. The third-order valence-electron chi connectivity index (χ3n) is 2.77. The van der Waals surface area contributed by atoms with Gasteiger partial charge in [0.15, 0.2) is 0 Å². The molecule has 0 saturated heterocycles. The van der Waals surface area contributed by atoms with Gasteiger partial charge in [-0.2, -0.15) is 0 Å². The average Bonchev–Trinajstić information content (AvgIpc) is 2.23. The van der Waals surface area contributed by atoms with E-state index >= 15 is 0 Å². The first-order valence-corrected chi connectivity index (χ1v) is 5.04. The summed E-state index contributed by atoms with van der Waals surface area (Å²) in [5.74, 6) is 0. The Labute approximate surface area is 89.7 Å². The number of benzene rings is 1. The minimum absolute atomic E-state index is 0.530. The van der Waals surface area contributed by atoms with Crippen molar-refractivity contribution in [1.29, 1.82) is 0 Å². The molecule has 0 bridgehead atoms. The molecule has 0 radical (unpaired) electrons. The maximum atomic E-state index is 10.0. The van der Waals surface area contributed by atoms with Gasteiger partial charge in [-0.3, -0.25) is 0 Å². The van der Waals surface area contributed by atoms with Gasteiger partial charge < -0.3 is 10.8 Å². The first kappa shape index (κ1) is 9.99. The van der Waals surface area contributed by atoms with E-state index in [1.807, 2.05) is 36.4 Å². The lowest BCUT2D eigenvalue weighted by molar-refractivity contribution is 0.102. The van der Waals surface area contributed by atoms with Gasteiger partial charge in [-0.15, -0.1) is 0 Å². The van der Waals surface area contributed by atoms with Gasteiger partial charge in [0.25, 0.3) is 0 Å². The molecule has 1 aliphatic carbocycles. The van der Waals surface area contributed by atoms with E-state index in [-0.39, 0.29) is 0 Å². The molecular weight excluding hydrogens is 186 g/mol. The molecule has 0 saturated carbocycles. The highest BCUT2D eigenvalue weighted by Gasteiger charge is 2.27. The summed E-state index contributed by atoms with van der Waals surface area (Å²) in [6.07, 6.45) is 4.33. The fourth-order valence-corrected chi connectivity index (χ4v) is 1.75. The van der Waals surface area contributed by atoms with E-state index in [1.165, 1.54) is 0 Å². The molecule has 2 nitrogen and oxygen atoms in total. The van der Waals surface area contributed by atoms with Gasteiger partial charge in [0, 0.05) is 12.1 Å². The molecule has 1 aliphatic rings. The number of aliphatic hydroxyl groups is 1. The van der Waals surface area contributed by atoms with Crippen LogP contribution in [0.5, 0.6) is 0 Å². The highest BCUT2D eigenvalue weighted by molar-refractivity contribution is 5.70. The normalized spacial score (nSPS) is 25.7. The Morgan fingerprint density at radius 3 is 2.47 bits per heavy atom. The second-order valence-corrected chi connectivity index (χ2v) is 4.13. The number of hydrogen-bond donors (Lipinski definition) is 2. The van der Waals surface area contributed by atoms with Gasteiger partial charge in [0.2, 0.25) is 0 Å². The first-order chi connectivity index (χ1) is 7.09. The van der Waals surface area contributed by atoms with Crippen molar-refractivity contribution in [1.82, 2.24) is 0 Å². The van der Waals surface area contributed by atoms with E-state index in [9.17, 15) is 5.11 Å². The van der Waals surface area contributed by atoms with Gasteiger partial charge in [-0.25, -0.2) is 0 Å². The SMILES string of the molecule is CC1(O)CC(c2ccccc2)=CC=C1N. The minimum Gasteiger partial charge on any atom is -0.400 e. The molecule has 0 fully saturated rings. The summed E-state index contributed by atoms with van der Waals surface area (Å²) in [6, 6.07) is 10.0. The molecule has 1 aromatic rings. The zero-order chi connectivity index (χ0) is 10.9. The van der Waals surface area contributed by atoms with Crippen molar-refractivity contribution in [2.24, 2.45) is 5.73 Å². The Morgan fingerprint density at radius 2 is 1.87 bits per heavy atom. The van der Waals surface area contributed by atoms with E-state index in [0.717, 1.165) is 11.1 Å². The van der Waals surface area contributed by atoms with Crippen LogP contribution in [0.4, 0.5) is 0 Å². The van der Waals surface area contributed by atoms with Gasteiger partial charge >= 0.3 is 0 Å². The van der Waals surface area contributed by atoms with Gasteiger partial charge in [-0.05, 0) is 24.1 Å². The largest absolute Gasteiger partial charge is 0.400 e. The lowest BCUT2D eigenvalue weighted by Gasteiger charge is -2.28. The lowest BCUT2D eigenvalue weighted by atomic mass is 9.85. The van der Waals surface area contributed by atoms with Crippen molar-refractivity contribution in [3.63, 3.8) is 0 Å². The van der Waals surface area contributed by atoms with Gasteiger partial charge in [0.05, 0.1) is 0 Å². The van der Waals surface area contributed by atoms with Crippen LogP contribution in [0, 0.1) is 0 Å². The molecule has 1 aromatic carbocycles. The zero-order valence-corrected chi connectivity index (χ0v) is 8.77. The molecule has 2 rings (SSSR count). The first-order valence-electron chi connectivity index (χ1n) is 5.04. The van der Waals surface area contributed by atoms with Crippen molar-refractivity contribution in [2.45, 2.75) is 18.9 Å². The van der Waals surface area contributed by atoms with E-state index in [0.29, 0.717) is 12.1 Å². The molecule has 0 heterocycles. The van der Waals surface area contributed by atoms with Crippen LogP contribution in [0.15, 0.2) is 48.2 Å². The smallest absolute Gasteiger partial charge is 0.105 e. The summed E-state index contributed by atoms with van der Waals surface area (Å²) in [5, 5.41) is 10.0. The van der Waals surface area contributed by atoms with Crippen LogP contribution in [-0.2, 0) is 0 Å². The monoisotopic (exact) mass is 201 g/mol. The van der Waals surface area contributed by atoms with Gasteiger partial charge in [-0.1, -0.05) is 36.4 Å². The Kier molecular flexibility index (Phi) is 2.37. The standard InChI is InChI=1S/C13H15NO/c1-13(15)9-11(7-8-12(13)14)10-5-3-2-4-6-10/h2-8,15H,9,14H2,1H3. The zero-order valence-electron chi connectivity index (χ0n) is 8.77. The average molecular weight is 201 g/mol. The molecule has 78 valence electrons. The Bertz CT molecular complexity index is 415.